The average Bonchev–Trinajstić information content (AvgIpc) is 2.81. The van der Waals surface area contributed by atoms with Gasteiger partial charge in [0.15, 0.2) is 0 Å². The summed E-state index contributed by atoms with van der Waals surface area (Å²) >= 11 is 0. The Morgan fingerprint density at radius 2 is 1.72 bits per heavy atom. The average molecular weight is 425 g/mol. The minimum Gasteiger partial charge on any atom is -0.332 e. The normalized spacial score (nSPS) is 10.7. The summed E-state index contributed by atoms with van der Waals surface area (Å²) in [6.07, 6.45) is 3.41. The van der Waals surface area contributed by atoms with E-state index in [-0.39, 0.29) is 18.4 Å². The van der Waals surface area contributed by atoms with E-state index in [1.165, 1.54) is 4.90 Å². The summed E-state index contributed by atoms with van der Waals surface area (Å²) < 4.78 is 0. The third kappa shape index (κ3) is 4.34. The van der Waals surface area contributed by atoms with Crippen molar-refractivity contribution in [1.82, 2.24) is 14.9 Å². The lowest BCUT2D eigenvalue weighted by atomic mass is 10.0. The topological polar surface area (TPSA) is 75.2 Å². The Kier molecular flexibility index (Phi) is 5.94. The van der Waals surface area contributed by atoms with Gasteiger partial charge in [-0.15, -0.1) is 0 Å². The van der Waals surface area contributed by atoms with Crippen LogP contribution in [0.1, 0.15) is 21.5 Å². The van der Waals surface area contributed by atoms with Gasteiger partial charge in [-0.05, 0) is 49.2 Å². The molecular formula is C26H24N4O2. The van der Waals surface area contributed by atoms with Crippen LogP contribution in [-0.4, -0.2) is 40.3 Å². The van der Waals surface area contributed by atoms with Crippen molar-refractivity contribution in [3.8, 4) is 11.3 Å². The molecule has 1 N–H and O–H groups in total. The second-order valence-electron chi connectivity index (χ2n) is 7.79. The van der Waals surface area contributed by atoms with Crippen LogP contribution in [0.2, 0.25) is 0 Å². The van der Waals surface area contributed by atoms with E-state index in [2.05, 4.69) is 10.3 Å². The number of carbonyl (C=O) groups is 2. The molecule has 0 saturated carbocycles. The van der Waals surface area contributed by atoms with Crippen molar-refractivity contribution >= 4 is 28.4 Å². The highest BCUT2D eigenvalue weighted by molar-refractivity contribution is 6.08. The molecule has 0 aliphatic carbocycles. The molecule has 0 fully saturated rings. The lowest BCUT2D eigenvalue weighted by molar-refractivity contribution is -0.116. The summed E-state index contributed by atoms with van der Waals surface area (Å²) in [6.45, 7) is 3.83. The Bertz CT molecular complexity index is 1280. The van der Waals surface area contributed by atoms with Gasteiger partial charge in [0, 0.05) is 36.1 Å². The monoisotopic (exact) mass is 424 g/mol. The van der Waals surface area contributed by atoms with E-state index in [1.54, 1.807) is 25.5 Å². The number of fused-ring (bicyclic) bond motifs is 1. The highest BCUT2D eigenvalue weighted by Gasteiger charge is 2.20. The zero-order chi connectivity index (χ0) is 22.7. The van der Waals surface area contributed by atoms with E-state index in [0.717, 1.165) is 27.8 Å². The molecule has 2 heterocycles. The predicted octanol–water partition coefficient (Wildman–Crippen LogP) is 4.62. The number of aromatic nitrogens is 2. The van der Waals surface area contributed by atoms with Crippen LogP contribution >= 0.6 is 0 Å². The van der Waals surface area contributed by atoms with Gasteiger partial charge in [-0.2, -0.15) is 0 Å². The quantitative estimate of drug-likeness (QED) is 0.507. The molecule has 6 nitrogen and oxygen atoms in total. The maximum atomic E-state index is 13.4. The van der Waals surface area contributed by atoms with Gasteiger partial charge in [-0.3, -0.25) is 14.6 Å². The first kappa shape index (κ1) is 21.2. The number of amides is 2. The molecule has 0 spiro atoms. The molecule has 32 heavy (non-hydrogen) atoms. The number of pyridine rings is 2. The third-order valence-electron chi connectivity index (χ3n) is 5.38. The molecule has 2 amide bonds. The molecule has 0 aliphatic rings. The first-order valence-electron chi connectivity index (χ1n) is 10.4. The molecule has 4 aromatic rings. The Labute approximate surface area is 186 Å². The van der Waals surface area contributed by atoms with Crippen molar-refractivity contribution < 1.29 is 9.59 Å². The van der Waals surface area contributed by atoms with Crippen molar-refractivity contribution in [2.45, 2.75) is 13.8 Å². The molecular weight excluding hydrogens is 400 g/mol. The summed E-state index contributed by atoms with van der Waals surface area (Å²) in [7, 11) is 1.63. The minimum absolute atomic E-state index is 0.0640. The number of carbonyl (C=O) groups excluding carboxylic acids is 2. The highest BCUT2D eigenvalue weighted by atomic mass is 16.2. The zero-order valence-electron chi connectivity index (χ0n) is 18.3. The second kappa shape index (κ2) is 8.98. The Morgan fingerprint density at radius 1 is 0.969 bits per heavy atom. The minimum atomic E-state index is -0.246. The molecule has 0 radical (unpaired) electrons. The molecule has 0 saturated heterocycles. The van der Waals surface area contributed by atoms with Gasteiger partial charge in [0.05, 0.1) is 23.3 Å². The second-order valence-corrected chi connectivity index (χ2v) is 7.79. The number of rotatable bonds is 5. The molecule has 2 aromatic heterocycles. The largest absolute Gasteiger partial charge is 0.332 e. The number of benzene rings is 2. The molecule has 160 valence electrons. The van der Waals surface area contributed by atoms with Gasteiger partial charge in [0.1, 0.15) is 0 Å². The van der Waals surface area contributed by atoms with Crippen LogP contribution in [0.3, 0.4) is 0 Å². The van der Waals surface area contributed by atoms with Gasteiger partial charge >= 0.3 is 0 Å². The fourth-order valence-electron chi connectivity index (χ4n) is 3.70. The molecule has 6 heteroatoms. The van der Waals surface area contributed by atoms with Crippen molar-refractivity contribution in [3.63, 3.8) is 0 Å². The zero-order valence-corrected chi connectivity index (χ0v) is 18.3. The number of hydrogen-bond donors (Lipinski definition) is 1. The summed E-state index contributed by atoms with van der Waals surface area (Å²) in [5.74, 6) is -0.491. The van der Waals surface area contributed by atoms with E-state index in [4.69, 9.17) is 4.98 Å². The first-order valence-corrected chi connectivity index (χ1v) is 10.4. The van der Waals surface area contributed by atoms with Gasteiger partial charge < -0.3 is 10.2 Å². The summed E-state index contributed by atoms with van der Waals surface area (Å²) in [6, 6.07) is 18.8. The number of hydrogen-bond acceptors (Lipinski definition) is 4. The summed E-state index contributed by atoms with van der Waals surface area (Å²) in [5.41, 5.74) is 5.44. The fourth-order valence-corrected chi connectivity index (χ4v) is 3.70. The number of nitrogens with zero attached hydrogens (tertiary/aromatic N) is 3. The molecule has 0 bridgehead atoms. The van der Waals surface area contributed by atoms with E-state index < -0.39 is 0 Å². The SMILES string of the molecule is Cc1cccc(C)c1NC(=O)CN(C)C(=O)c1cc(-c2cccnc2)nc2ccccc12. The Balaban J connectivity index is 1.62. The van der Waals surface area contributed by atoms with E-state index in [0.29, 0.717) is 16.8 Å². The summed E-state index contributed by atoms with van der Waals surface area (Å²) in [5, 5.41) is 3.68. The highest BCUT2D eigenvalue weighted by Crippen LogP contribution is 2.25. The van der Waals surface area contributed by atoms with Gasteiger partial charge in [-0.25, -0.2) is 4.98 Å². The number of likely N-dealkylation sites (N-methyl/N-ethyl adjacent to an activating group) is 1. The Morgan fingerprint density at radius 3 is 2.44 bits per heavy atom. The molecule has 2 aromatic carbocycles. The Hall–Kier alpha value is -4.06. The molecule has 0 atom stereocenters. The molecule has 0 unspecified atom stereocenters. The fraction of sp³-hybridized carbons (Fsp3) is 0.154. The van der Waals surface area contributed by atoms with Crippen LogP contribution in [0.4, 0.5) is 5.69 Å². The number of nitrogens with one attached hydrogen (secondary N) is 1. The standard InChI is InChI=1S/C26H24N4O2/c1-17-8-6-9-18(2)25(17)29-24(31)16-30(3)26(32)21-14-23(19-10-7-13-27-15-19)28-22-12-5-4-11-20(21)22/h4-15H,16H2,1-3H3,(H,29,31). The maximum Gasteiger partial charge on any atom is 0.254 e. The van der Waals surface area contributed by atoms with E-state index >= 15 is 0 Å². The van der Waals surface area contributed by atoms with Crippen molar-refractivity contribution in [2.24, 2.45) is 0 Å². The first-order chi connectivity index (χ1) is 15.4. The number of anilines is 1. The summed E-state index contributed by atoms with van der Waals surface area (Å²) in [4.78, 5) is 36.3. The van der Waals surface area contributed by atoms with Gasteiger partial charge in [0.2, 0.25) is 5.91 Å². The van der Waals surface area contributed by atoms with Crippen LogP contribution < -0.4 is 5.32 Å². The third-order valence-corrected chi connectivity index (χ3v) is 5.38. The van der Waals surface area contributed by atoms with Crippen LogP contribution in [-0.2, 0) is 4.79 Å². The molecule has 0 aliphatic heterocycles. The maximum absolute atomic E-state index is 13.4. The predicted molar refractivity (Wildman–Crippen MR) is 126 cm³/mol. The van der Waals surface area contributed by atoms with Gasteiger partial charge in [0.25, 0.3) is 5.91 Å². The smallest absolute Gasteiger partial charge is 0.254 e. The van der Waals surface area contributed by atoms with Gasteiger partial charge in [-0.1, -0.05) is 36.4 Å². The van der Waals surface area contributed by atoms with Crippen LogP contribution in [0.25, 0.3) is 22.2 Å². The lowest BCUT2D eigenvalue weighted by Gasteiger charge is -2.19. The van der Waals surface area contributed by atoms with Crippen molar-refractivity contribution in [1.29, 1.82) is 0 Å². The van der Waals surface area contributed by atoms with E-state index in [1.807, 2.05) is 68.4 Å². The number of para-hydroxylation sites is 2. The number of aryl methyl sites for hydroxylation is 2. The van der Waals surface area contributed by atoms with Crippen LogP contribution in [0.5, 0.6) is 0 Å². The van der Waals surface area contributed by atoms with Crippen molar-refractivity contribution in [3.05, 3.63) is 89.7 Å². The van der Waals surface area contributed by atoms with Crippen LogP contribution in [0, 0.1) is 13.8 Å². The van der Waals surface area contributed by atoms with Crippen LogP contribution in [0.15, 0.2) is 73.1 Å². The van der Waals surface area contributed by atoms with Crippen molar-refractivity contribution in [2.75, 3.05) is 18.9 Å². The van der Waals surface area contributed by atoms with E-state index in [9.17, 15) is 9.59 Å². The lowest BCUT2D eigenvalue weighted by Crippen LogP contribution is -2.35. The molecule has 4 rings (SSSR count).